The Morgan fingerprint density at radius 3 is 2.43 bits per heavy atom. The van der Waals surface area contributed by atoms with Gasteiger partial charge in [-0.05, 0) is 32.6 Å². The smallest absolute Gasteiger partial charge is 0.170 e. The summed E-state index contributed by atoms with van der Waals surface area (Å²) in [6, 6.07) is 1.10. The minimum atomic E-state index is -0.486. The van der Waals surface area contributed by atoms with Gasteiger partial charge in [-0.15, -0.1) is 0 Å². The summed E-state index contributed by atoms with van der Waals surface area (Å²) < 4.78 is 0. The Morgan fingerprint density at radius 2 is 1.86 bits per heavy atom. The number of benzene rings is 1. The maximum atomic E-state index is 12.1. The lowest BCUT2D eigenvalue weighted by Crippen LogP contribution is -2.05. The third kappa shape index (κ3) is 4.63. The van der Waals surface area contributed by atoms with Crippen LogP contribution in [0.15, 0.2) is 6.07 Å². The molecule has 4 N–H and O–H groups in total. The summed E-state index contributed by atoms with van der Waals surface area (Å²) in [6.07, 6.45) is 2.69. The van der Waals surface area contributed by atoms with Gasteiger partial charge < -0.3 is 20.4 Å². The molecule has 0 saturated carbocycles. The number of hydrogen-bond donors (Lipinski definition) is 4. The van der Waals surface area contributed by atoms with Crippen molar-refractivity contribution in [2.75, 3.05) is 0 Å². The molecule has 5 heteroatoms. The highest BCUT2D eigenvalue weighted by Gasteiger charge is 2.22. The fraction of sp³-hybridized carbons (Fsp3) is 0.562. The van der Waals surface area contributed by atoms with E-state index in [0.29, 0.717) is 24.8 Å². The summed E-state index contributed by atoms with van der Waals surface area (Å²) in [5.74, 6) is -1.32. The van der Waals surface area contributed by atoms with E-state index in [2.05, 4.69) is 0 Å². The molecule has 1 unspecified atom stereocenters. The molecule has 0 radical (unpaired) electrons. The van der Waals surface area contributed by atoms with Gasteiger partial charge in [0.15, 0.2) is 5.78 Å². The molecule has 0 saturated heterocycles. The maximum Gasteiger partial charge on any atom is 0.170 e. The number of aliphatic hydroxyl groups excluding tert-OH is 1. The van der Waals surface area contributed by atoms with Crippen molar-refractivity contribution in [3.8, 4) is 17.2 Å². The molecule has 1 aromatic rings. The molecule has 1 rings (SSSR count). The first kappa shape index (κ1) is 17.3. The zero-order valence-electron chi connectivity index (χ0n) is 12.6. The SMILES string of the molecule is CCCCc1c(O)cc(O)c(C(=O)CCCC(C)O)c1O. The van der Waals surface area contributed by atoms with E-state index in [9.17, 15) is 25.2 Å². The van der Waals surface area contributed by atoms with Crippen molar-refractivity contribution >= 4 is 5.78 Å². The summed E-state index contributed by atoms with van der Waals surface area (Å²) in [5.41, 5.74) is 0.165. The Morgan fingerprint density at radius 1 is 1.19 bits per heavy atom. The summed E-state index contributed by atoms with van der Waals surface area (Å²) in [6.45, 7) is 3.62. The van der Waals surface area contributed by atoms with Gasteiger partial charge >= 0.3 is 0 Å². The van der Waals surface area contributed by atoms with Crippen LogP contribution in [0.5, 0.6) is 17.2 Å². The Kier molecular flexibility index (Phi) is 6.49. The minimum Gasteiger partial charge on any atom is -0.507 e. The van der Waals surface area contributed by atoms with Crippen LogP contribution in [0.25, 0.3) is 0 Å². The number of aromatic hydroxyl groups is 3. The van der Waals surface area contributed by atoms with Crippen LogP contribution in [0.3, 0.4) is 0 Å². The molecule has 0 spiro atoms. The fourth-order valence-electron chi connectivity index (χ4n) is 2.24. The van der Waals surface area contributed by atoms with Gasteiger partial charge in [0, 0.05) is 18.1 Å². The molecule has 0 aliphatic rings. The van der Waals surface area contributed by atoms with E-state index >= 15 is 0 Å². The lowest BCUT2D eigenvalue weighted by Gasteiger charge is -2.13. The topological polar surface area (TPSA) is 98.0 Å². The van der Waals surface area contributed by atoms with Gasteiger partial charge in [0.2, 0.25) is 0 Å². The molecule has 0 fully saturated rings. The zero-order valence-corrected chi connectivity index (χ0v) is 12.6. The summed E-state index contributed by atoms with van der Waals surface area (Å²) in [5, 5.41) is 38.9. The van der Waals surface area contributed by atoms with Crippen LogP contribution in [0, 0.1) is 0 Å². The van der Waals surface area contributed by atoms with Gasteiger partial charge in [0.25, 0.3) is 0 Å². The first-order chi connectivity index (χ1) is 9.88. The molecular weight excluding hydrogens is 272 g/mol. The molecule has 0 heterocycles. The third-order valence-electron chi connectivity index (χ3n) is 3.45. The summed E-state index contributed by atoms with van der Waals surface area (Å²) in [7, 11) is 0. The number of unbranched alkanes of at least 4 members (excludes halogenated alkanes) is 1. The third-order valence-corrected chi connectivity index (χ3v) is 3.45. The van der Waals surface area contributed by atoms with E-state index < -0.39 is 11.9 Å². The average molecular weight is 296 g/mol. The number of ketones is 1. The number of phenols is 3. The van der Waals surface area contributed by atoms with Gasteiger partial charge in [0.1, 0.15) is 22.8 Å². The van der Waals surface area contributed by atoms with Crippen LogP contribution in [-0.4, -0.2) is 32.3 Å². The average Bonchev–Trinajstić information content (AvgIpc) is 2.37. The van der Waals surface area contributed by atoms with Crippen LogP contribution in [-0.2, 0) is 6.42 Å². The first-order valence-electron chi connectivity index (χ1n) is 7.36. The van der Waals surface area contributed by atoms with Gasteiger partial charge in [-0.25, -0.2) is 0 Å². The Balaban J connectivity index is 2.97. The maximum absolute atomic E-state index is 12.1. The Labute approximate surface area is 124 Å². The molecule has 0 aliphatic carbocycles. The highest BCUT2D eigenvalue weighted by molar-refractivity contribution is 6.01. The number of rotatable bonds is 8. The lowest BCUT2D eigenvalue weighted by molar-refractivity contribution is 0.0966. The zero-order chi connectivity index (χ0) is 16.0. The minimum absolute atomic E-state index is 0.129. The predicted octanol–water partition coefficient (Wildman–Crippen LogP) is 2.88. The largest absolute Gasteiger partial charge is 0.507 e. The van der Waals surface area contributed by atoms with Gasteiger partial charge in [-0.3, -0.25) is 4.79 Å². The van der Waals surface area contributed by atoms with Crippen molar-refractivity contribution in [3.05, 3.63) is 17.2 Å². The van der Waals surface area contributed by atoms with E-state index in [1.807, 2.05) is 6.92 Å². The standard InChI is InChI=1S/C16H24O5/c1-3-4-7-11-13(19)9-14(20)15(16(11)21)12(18)8-5-6-10(2)17/h9-10,17,19-21H,3-8H2,1-2H3. The van der Waals surface area contributed by atoms with E-state index in [4.69, 9.17) is 0 Å². The lowest BCUT2D eigenvalue weighted by atomic mass is 9.96. The molecule has 0 amide bonds. The number of hydrogen-bond acceptors (Lipinski definition) is 5. The van der Waals surface area contributed by atoms with Crippen molar-refractivity contribution in [1.82, 2.24) is 0 Å². The number of carbonyl (C=O) groups excluding carboxylic acids is 1. The second kappa shape index (κ2) is 7.88. The second-order valence-corrected chi connectivity index (χ2v) is 5.38. The second-order valence-electron chi connectivity index (χ2n) is 5.38. The quantitative estimate of drug-likeness (QED) is 0.553. The van der Waals surface area contributed by atoms with Crippen molar-refractivity contribution in [3.63, 3.8) is 0 Å². The van der Waals surface area contributed by atoms with Gasteiger partial charge in [-0.1, -0.05) is 13.3 Å². The van der Waals surface area contributed by atoms with Crippen LogP contribution in [0.1, 0.15) is 61.9 Å². The van der Waals surface area contributed by atoms with Crippen LogP contribution >= 0.6 is 0 Å². The van der Waals surface area contributed by atoms with E-state index in [1.54, 1.807) is 6.92 Å². The number of carbonyl (C=O) groups is 1. The van der Waals surface area contributed by atoms with Crippen molar-refractivity contribution in [1.29, 1.82) is 0 Å². The highest BCUT2D eigenvalue weighted by Crippen LogP contribution is 2.39. The van der Waals surface area contributed by atoms with Crippen molar-refractivity contribution < 1.29 is 25.2 Å². The molecule has 0 bridgehead atoms. The molecule has 21 heavy (non-hydrogen) atoms. The van der Waals surface area contributed by atoms with Crippen LogP contribution in [0.4, 0.5) is 0 Å². The van der Waals surface area contributed by atoms with Crippen molar-refractivity contribution in [2.24, 2.45) is 0 Å². The van der Waals surface area contributed by atoms with E-state index in [1.165, 1.54) is 0 Å². The molecular formula is C16H24O5. The van der Waals surface area contributed by atoms with Crippen LogP contribution < -0.4 is 0 Å². The monoisotopic (exact) mass is 296 g/mol. The van der Waals surface area contributed by atoms with E-state index in [0.717, 1.165) is 18.9 Å². The molecule has 118 valence electrons. The van der Waals surface area contributed by atoms with Gasteiger partial charge in [0.05, 0.1) is 6.10 Å². The molecule has 1 aromatic carbocycles. The van der Waals surface area contributed by atoms with Crippen molar-refractivity contribution in [2.45, 2.75) is 58.5 Å². The Hall–Kier alpha value is -1.75. The summed E-state index contributed by atoms with van der Waals surface area (Å²) >= 11 is 0. The highest BCUT2D eigenvalue weighted by atomic mass is 16.3. The number of Topliss-reactive ketones (excluding diaryl/α,β-unsaturated/α-hetero) is 1. The predicted molar refractivity (Wildman–Crippen MR) is 79.9 cm³/mol. The van der Waals surface area contributed by atoms with E-state index in [-0.39, 0.29) is 29.3 Å². The molecule has 0 aliphatic heterocycles. The van der Waals surface area contributed by atoms with Crippen LogP contribution in [0.2, 0.25) is 0 Å². The number of phenolic OH excluding ortho intramolecular Hbond substituents is 3. The normalized spacial score (nSPS) is 12.3. The van der Waals surface area contributed by atoms with Gasteiger partial charge in [-0.2, -0.15) is 0 Å². The number of aliphatic hydroxyl groups is 1. The first-order valence-corrected chi connectivity index (χ1v) is 7.36. The fourth-order valence-corrected chi connectivity index (χ4v) is 2.24. The molecule has 0 aromatic heterocycles. The summed E-state index contributed by atoms with van der Waals surface area (Å²) in [4.78, 5) is 12.1. The molecule has 5 nitrogen and oxygen atoms in total. The molecule has 1 atom stereocenters. The Bertz CT molecular complexity index is 494.